The minimum atomic E-state index is -0.510. The first kappa shape index (κ1) is 17.4. The Labute approximate surface area is 152 Å². The van der Waals surface area contributed by atoms with E-state index >= 15 is 0 Å². The lowest BCUT2D eigenvalue weighted by Crippen LogP contribution is -2.12. The van der Waals surface area contributed by atoms with E-state index < -0.39 is 11.9 Å². The van der Waals surface area contributed by atoms with Crippen LogP contribution >= 0.6 is 0 Å². The van der Waals surface area contributed by atoms with Crippen LogP contribution in [0.3, 0.4) is 0 Å². The summed E-state index contributed by atoms with van der Waals surface area (Å²) in [6, 6.07) is 20.7. The molecule has 0 unspecified atom stereocenters. The second-order valence-electron chi connectivity index (χ2n) is 5.96. The minimum absolute atomic E-state index is 0.193. The molecule has 3 aromatic carbocycles. The molecule has 0 saturated heterocycles. The maximum Gasteiger partial charge on any atom is 0.343 e. The van der Waals surface area contributed by atoms with Crippen LogP contribution in [0, 0.1) is 13.8 Å². The van der Waals surface area contributed by atoms with Crippen LogP contribution in [0.2, 0.25) is 0 Å². The first-order valence-electron chi connectivity index (χ1n) is 8.19. The number of hydrogen-bond donors (Lipinski definition) is 0. The second-order valence-corrected chi connectivity index (χ2v) is 5.96. The fraction of sp³-hybridized carbons (Fsp3) is 0.0909. The molecule has 26 heavy (non-hydrogen) atoms. The molecule has 3 aromatic rings. The molecule has 0 atom stereocenters. The van der Waals surface area contributed by atoms with E-state index in [0.717, 1.165) is 11.1 Å². The highest BCUT2D eigenvalue weighted by Gasteiger charge is 2.15. The number of aryl methyl sites for hydroxylation is 2. The molecule has 0 amide bonds. The Morgan fingerprint density at radius 1 is 0.577 bits per heavy atom. The van der Waals surface area contributed by atoms with Gasteiger partial charge in [-0.05, 0) is 50.2 Å². The molecule has 0 fully saturated rings. The summed E-state index contributed by atoms with van der Waals surface area (Å²) in [7, 11) is 0. The van der Waals surface area contributed by atoms with Crippen LogP contribution in [0.4, 0.5) is 0 Å². The Balaban J connectivity index is 1.77. The van der Waals surface area contributed by atoms with Crippen molar-refractivity contribution in [3.8, 4) is 11.5 Å². The van der Waals surface area contributed by atoms with E-state index in [9.17, 15) is 9.59 Å². The van der Waals surface area contributed by atoms with Gasteiger partial charge in [-0.3, -0.25) is 0 Å². The summed E-state index contributed by atoms with van der Waals surface area (Å²) < 4.78 is 10.8. The molecule has 0 N–H and O–H groups in total. The third-order valence-electron chi connectivity index (χ3n) is 3.83. The smallest absolute Gasteiger partial charge is 0.343 e. The average molecular weight is 346 g/mol. The number of carbonyl (C=O) groups is 2. The maximum atomic E-state index is 12.3. The molecule has 0 aliphatic rings. The second kappa shape index (κ2) is 7.66. The Morgan fingerprint density at radius 2 is 0.923 bits per heavy atom. The number of benzene rings is 3. The van der Waals surface area contributed by atoms with Crippen molar-refractivity contribution < 1.29 is 19.1 Å². The number of ether oxygens (including phenoxy) is 2. The van der Waals surface area contributed by atoms with E-state index in [4.69, 9.17) is 9.47 Å². The monoisotopic (exact) mass is 346 g/mol. The Hall–Kier alpha value is -3.40. The van der Waals surface area contributed by atoms with Crippen molar-refractivity contribution in [1.29, 1.82) is 0 Å². The van der Waals surface area contributed by atoms with Crippen LogP contribution in [0.15, 0.2) is 72.8 Å². The average Bonchev–Trinajstić information content (AvgIpc) is 2.64. The van der Waals surface area contributed by atoms with E-state index in [-0.39, 0.29) is 11.5 Å². The summed E-state index contributed by atoms with van der Waals surface area (Å²) in [4.78, 5) is 24.6. The highest BCUT2D eigenvalue weighted by molar-refractivity contribution is 5.93. The van der Waals surface area contributed by atoms with Crippen molar-refractivity contribution in [2.24, 2.45) is 0 Å². The number of rotatable bonds is 4. The summed E-state index contributed by atoms with van der Waals surface area (Å²) in [6.07, 6.45) is 0. The van der Waals surface area contributed by atoms with Crippen molar-refractivity contribution in [3.05, 3.63) is 95.1 Å². The van der Waals surface area contributed by atoms with Gasteiger partial charge in [0.2, 0.25) is 0 Å². The maximum absolute atomic E-state index is 12.3. The summed E-state index contributed by atoms with van der Waals surface area (Å²) >= 11 is 0. The first-order valence-corrected chi connectivity index (χ1v) is 8.19. The van der Waals surface area contributed by atoms with E-state index in [1.807, 2.05) is 38.1 Å². The van der Waals surface area contributed by atoms with Gasteiger partial charge in [-0.25, -0.2) is 9.59 Å². The fourth-order valence-corrected chi connectivity index (χ4v) is 2.32. The quantitative estimate of drug-likeness (QED) is 0.506. The van der Waals surface area contributed by atoms with Crippen LogP contribution in [-0.2, 0) is 0 Å². The zero-order valence-corrected chi connectivity index (χ0v) is 14.6. The largest absolute Gasteiger partial charge is 0.419 e. The van der Waals surface area contributed by atoms with Gasteiger partial charge in [0.15, 0.2) is 11.5 Å². The number of esters is 2. The normalized spacial score (nSPS) is 10.2. The van der Waals surface area contributed by atoms with Crippen molar-refractivity contribution in [3.63, 3.8) is 0 Å². The molecule has 0 spiro atoms. The van der Waals surface area contributed by atoms with Crippen molar-refractivity contribution in [2.75, 3.05) is 0 Å². The highest BCUT2D eigenvalue weighted by atomic mass is 16.6. The third kappa shape index (κ3) is 4.16. The van der Waals surface area contributed by atoms with Crippen LogP contribution < -0.4 is 9.47 Å². The van der Waals surface area contributed by atoms with Gasteiger partial charge >= 0.3 is 11.9 Å². The first-order chi connectivity index (χ1) is 12.5. The summed E-state index contributed by atoms with van der Waals surface area (Å²) in [5, 5.41) is 0. The van der Waals surface area contributed by atoms with Gasteiger partial charge in [-0.1, -0.05) is 47.5 Å². The lowest BCUT2D eigenvalue weighted by atomic mass is 10.1. The molecule has 0 aromatic heterocycles. The molecule has 0 radical (unpaired) electrons. The van der Waals surface area contributed by atoms with Gasteiger partial charge in [0, 0.05) is 0 Å². The SMILES string of the molecule is Cc1ccc(C(=O)Oc2ccccc2OC(=O)c2ccc(C)cc2)cc1. The molecule has 0 bridgehead atoms. The molecular formula is C22H18O4. The van der Waals surface area contributed by atoms with Crippen LogP contribution in [-0.4, -0.2) is 11.9 Å². The molecule has 0 heterocycles. The van der Waals surface area contributed by atoms with Crippen molar-refractivity contribution >= 4 is 11.9 Å². The van der Waals surface area contributed by atoms with Crippen LogP contribution in [0.1, 0.15) is 31.8 Å². The van der Waals surface area contributed by atoms with Gasteiger partial charge in [-0.15, -0.1) is 0 Å². The zero-order chi connectivity index (χ0) is 18.5. The Morgan fingerprint density at radius 3 is 1.27 bits per heavy atom. The molecular weight excluding hydrogens is 328 g/mol. The van der Waals surface area contributed by atoms with Crippen LogP contribution in [0.25, 0.3) is 0 Å². The molecule has 4 heteroatoms. The van der Waals surface area contributed by atoms with Crippen molar-refractivity contribution in [1.82, 2.24) is 0 Å². The molecule has 0 aliphatic heterocycles. The van der Waals surface area contributed by atoms with E-state index in [1.54, 1.807) is 48.5 Å². The van der Waals surface area contributed by atoms with Gasteiger partial charge in [0.25, 0.3) is 0 Å². The van der Waals surface area contributed by atoms with Gasteiger partial charge < -0.3 is 9.47 Å². The summed E-state index contributed by atoms with van der Waals surface area (Å²) in [6.45, 7) is 3.88. The van der Waals surface area contributed by atoms with E-state index in [1.165, 1.54) is 0 Å². The summed E-state index contributed by atoms with van der Waals surface area (Å²) in [5.74, 6) is -0.634. The lowest BCUT2D eigenvalue weighted by molar-refractivity contribution is 0.0682. The standard InChI is InChI=1S/C22H18O4/c1-15-7-11-17(12-8-15)21(23)25-19-5-3-4-6-20(19)26-22(24)18-13-9-16(2)10-14-18/h3-14H,1-2H3. The highest BCUT2D eigenvalue weighted by Crippen LogP contribution is 2.28. The number of hydrogen-bond acceptors (Lipinski definition) is 4. The van der Waals surface area contributed by atoms with Crippen LogP contribution in [0.5, 0.6) is 11.5 Å². The van der Waals surface area contributed by atoms with E-state index in [2.05, 4.69) is 0 Å². The molecule has 130 valence electrons. The van der Waals surface area contributed by atoms with Gasteiger partial charge in [0.1, 0.15) is 0 Å². The fourth-order valence-electron chi connectivity index (χ4n) is 2.32. The Bertz CT molecular complexity index is 847. The van der Waals surface area contributed by atoms with Gasteiger partial charge in [-0.2, -0.15) is 0 Å². The predicted molar refractivity (Wildman–Crippen MR) is 98.7 cm³/mol. The molecule has 4 nitrogen and oxygen atoms in total. The molecule has 0 aliphatic carbocycles. The predicted octanol–water partition coefficient (Wildman–Crippen LogP) is 4.74. The molecule has 0 saturated carbocycles. The zero-order valence-electron chi connectivity index (χ0n) is 14.6. The summed E-state index contributed by atoms with van der Waals surface area (Å²) in [5.41, 5.74) is 2.95. The van der Waals surface area contributed by atoms with Gasteiger partial charge in [0.05, 0.1) is 11.1 Å². The lowest BCUT2D eigenvalue weighted by Gasteiger charge is -2.10. The third-order valence-corrected chi connectivity index (χ3v) is 3.83. The van der Waals surface area contributed by atoms with Crippen molar-refractivity contribution in [2.45, 2.75) is 13.8 Å². The topological polar surface area (TPSA) is 52.6 Å². The Kier molecular flexibility index (Phi) is 5.13. The van der Waals surface area contributed by atoms with E-state index in [0.29, 0.717) is 11.1 Å². The molecule has 3 rings (SSSR count). The minimum Gasteiger partial charge on any atom is -0.419 e. The number of carbonyl (C=O) groups excluding carboxylic acids is 2. The number of para-hydroxylation sites is 2.